The van der Waals surface area contributed by atoms with Gasteiger partial charge in [0.2, 0.25) is 5.88 Å². The standard InChI is InChI=1S/C21H26N2O4/c1-22(2)10-11-27-18-7-5-6-16-14-23(21(24)20(16)18)13-15-8-9-17(25-3)12-19(15)26-4/h5-9,12,14,24H,10-11,13H2,1-4H3. The molecule has 0 aliphatic carbocycles. The van der Waals surface area contributed by atoms with Gasteiger partial charge in [-0.1, -0.05) is 12.1 Å². The number of methoxy groups -OCH3 is 2. The van der Waals surface area contributed by atoms with Gasteiger partial charge in [0.25, 0.3) is 0 Å². The van der Waals surface area contributed by atoms with E-state index in [0.29, 0.717) is 24.7 Å². The maximum atomic E-state index is 10.8. The summed E-state index contributed by atoms with van der Waals surface area (Å²) in [5, 5.41) is 12.5. The Balaban J connectivity index is 1.91. The molecule has 6 nitrogen and oxygen atoms in total. The summed E-state index contributed by atoms with van der Waals surface area (Å²) >= 11 is 0. The van der Waals surface area contributed by atoms with Crippen LogP contribution >= 0.6 is 0 Å². The fourth-order valence-electron chi connectivity index (χ4n) is 3.01. The normalized spacial score (nSPS) is 11.1. The van der Waals surface area contributed by atoms with E-state index >= 15 is 0 Å². The number of ether oxygens (including phenoxy) is 3. The van der Waals surface area contributed by atoms with Gasteiger partial charge in [-0.15, -0.1) is 0 Å². The lowest BCUT2D eigenvalue weighted by Gasteiger charge is -2.13. The molecule has 144 valence electrons. The van der Waals surface area contributed by atoms with E-state index in [9.17, 15) is 5.11 Å². The number of fused-ring (bicyclic) bond motifs is 1. The monoisotopic (exact) mass is 370 g/mol. The molecule has 27 heavy (non-hydrogen) atoms. The summed E-state index contributed by atoms with van der Waals surface area (Å²) in [5.41, 5.74) is 0.948. The van der Waals surface area contributed by atoms with Gasteiger partial charge < -0.3 is 28.8 Å². The maximum Gasteiger partial charge on any atom is 0.203 e. The number of aromatic nitrogens is 1. The highest BCUT2D eigenvalue weighted by atomic mass is 16.5. The van der Waals surface area contributed by atoms with Crippen LogP contribution in [0.15, 0.2) is 42.6 Å². The predicted molar refractivity (Wildman–Crippen MR) is 106 cm³/mol. The van der Waals surface area contributed by atoms with Crippen LogP contribution in [-0.2, 0) is 6.54 Å². The minimum Gasteiger partial charge on any atom is -0.497 e. The van der Waals surface area contributed by atoms with E-state index in [2.05, 4.69) is 4.90 Å². The van der Waals surface area contributed by atoms with Crippen molar-refractivity contribution < 1.29 is 19.3 Å². The first-order valence-electron chi connectivity index (χ1n) is 8.82. The summed E-state index contributed by atoms with van der Waals surface area (Å²) in [6.45, 7) is 1.84. The molecule has 6 heteroatoms. The second kappa shape index (κ2) is 8.22. The van der Waals surface area contributed by atoms with E-state index in [1.165, 1.54) is 0 Å². The van der Waals surface area contributed by atoms with Crippen molar-refractivity contribution in [2.45, 2.75) is 6.54 Å². The molecule has 1 heterocycles. The molecule has 0 spiro atoms. The Labute approximate surface area is 159 Å². The van der Waals surface area contributed by atoms with Gasteiger partial charge in [-0.05, 0) is 32.3 Å². The molecule has 3 rings (SSSR count). The third-order valence-corrected chi connectivity index (χ3v) is 4.48. The molecule has 1 N–H and O–H groups in total. The molecule has 0 saturated heterocycles. The van der Waals surface area contributed by atoms with Gasteiger partial charge >= 0.3 is 0 Å². The van der Waals surface area contributed by atoms with E-state index < -0.39 is 0 Å². The zero-order valence-corrected chi connectivity index (χ0v) is 16.2. The second-order valence-corrected chi connectivity index (χ2v) is 6.63. The second-order valence-electron chi connectivity index (χ2n) is 6.63. The van der Waals surface area contributed by atoms with Gasteiger partial charge in [0, 0.05) is 29.8 Å². The smallest absolute Gasteiger partial charge is 0.203 e. The van der Waals surface area contributed by atoms with E-state index in [1.54, 1.807) is 18.8 Å². The topological polar surface area (TPSA) is 56.1 Å². The van der Waals surface area contributed by atoms with Crippen LogP contribution in [0.3, 0.4) is 0 Å². The first kappa shape index (κ1) is 18.9. The highest BCUT2D eigenvalue weighted by Gasteiger charge is 2.15. The molecule has 2 aromatic carbocycles. The van der Waals surface area contributed by atoms with Gasteiger partial charge in [0.05, 0.1) is 26.2 Å². The van der Waals surface area contributed by atoms with Crippen LogP contribution in [0.25, 0.3) is 10.8 Å². The summed E-state index contributed by atoms with van der Waals surface area (Å²) in [4.78, 5) is 2.06. The number of hydrogen-bond donors (Lipinski definition) is 1. The van der Waals surface area contributed by atoms with Crippen molar-refractivity contribution in [1.82, 2.24) is 9.47 Å². The zero-order chi connectivity index (χ0) is 19.4. The average molecular weight is 370 g/mol. The van der Waals surface area contributed by atoms with Gasteiger partial charge in [-0.25, -0.2) is 0 Å². The van der Waals surface area contributed by atoms with Crippen molar-refractivity contribution >= 4 is 10.8 Å². The highest BCUT2D eigenvalue weighted by Crippen LogP contribution is 2.36. The minimum absolute atomic E-state index is 0.184. The SMILES string of the molecule is COc1ccc(Cn2cc3cccc(OCCN(C)C)c3c2O)c(OC)c1. The largest absolute Gasteiger partial charge is 0.497 e. The van der Waals surface area contributed by atoms with E-state index in [4.69, 9.17) is 14.2 Å². The van der Waals surface area contributed by atoms with Crippen LogP contribution < -0.4 is 14.2 Å². The van der Waals surface area contributed by atoms with Crippen molar-refractivity contribution in [1.29, 1.82) is 0 Å². The van der Waals surface area contributed by atoms with Gasteiger partial charge in [0.1, 0.15) is 23.9 Å². The van der Waals surface area contributed by atoms with Crippen LogP contribution in [0, 0.1) is 0 Å². The molecule has 0 saturated carbocycles. The molecule has 0 fully saturated rings. The van der Waals surface area contributed by atoms with Crippen molar-refractivity contribution in [3.8, 4) is 23.1 Å². The number of rotatable bonds is 8. The maximum absolute atomic E-state index is 10.8. The molecule has 3 aromatic rings. The summed E-state index contributed by atoms with van der Waals surface area (Å²) in [5.74, 6) is 2.32. The van der Waals surface area contributed by atoms with Gasteiger partial charge in [0.15, 0.2) is 0 Å². The fourth-order valence-corrected chi connectivity index (χ4v) is 3.01. The zero-order valence-electron chi connectivity index (χ0n) is 16.2. The summed E-state index contributed by atoms with van der Waals surface area (Å²) in [6, 6.07) is 11.5. The molecular weight excluding hydrogens is 344 g/mol. The van der Waals surface area contributed by atoms with Gasteiger partial charge in [-0.3, -0.25) is 0 Å². The average Bonchev–Trinajstić information content (AvgIpc) is 2.98. The molecular formula is C21H26N2O4. The third-order valence-electron chi connectivity index (χ3n) is 4.48. The molecule has 0 radical (unpaired) electrons. The van der Waals surface area contributed by atoms with Crippen LogP contribution in [0.5, 0.6) is 23.1 Å². The predicted octanol–water partition coefficient (Wildman–Crippen LogP) is 3.35. The first-order chi connectivity index (χ1) is 13.0. The van der Waals surface area contributed by atoms with E-state index in [1.807, 2.05) is 56.7 Å². The lowest BCUT2D eigenvalue weighted by atomic mass is 10.2. The Morgan fingerprint density at radius 1 is 1.04 bits per heavy atom. The summed E-state index contributed by atoms with van der Waals surface area (Å²) in [6.07, 6.45) is 1.92. The summed E-state index contributed by atoms with van der Waals surface area (Å²) < 4.78 is 18.4. The lowest BCUT2D eigenvalue weighted by Crippen LogP contribution is -2.19. The van der Waals surface area contributed by atoms with Crippen molar-refractivity contribution in [2.75, 3.05) is 41.5 Å². The van der Waals surface area contributed by atoms with Crippen molar-refractivity contribution in [2.24, 2.45) is 0 Å². The van der Waals surface area contributed by atoms with Crippen LogP contribution in [-0.4, -0.2) is 56.0 Å². The number of nitrogens with zero attached hydrogens (tertiary/aromatic N) is 2. The number of likely N-dealkylation sites (N-methyl/N-ethyl adjacent to an activating group) is 1. The molecule has 0 amide bonds. The molecule has 0 aliphatic heterocycles. The fraction of sp³-hybridized carbons (Fsp3) is 0.333. The number of benzene rings is 2. The Kier molecular flexibility index (Phi) is 5.76. The molecule has 1 aromatic heterocycles. The molecule has 0 atom stereocenters. The molecule has 0 bridgehead atoms. The molecule has 0 aliphatic rings. The minimum atomic E-state index is 0.184. The first-order valence-corrected chi connectivity index (χ1v) is 8.82. The number of hydrogen-bond acceptors (Lipinski definition) is 5. The Bertz CT molecular complexity index is 918. The van der Waals surface area contributed by atoms with Crippen LogP contribution in [0.2, 0.25) is 0 Å². The number of aromatic hydroxyl groups is 1. The van der Waals surface area contributed by atoms with Crippen LogP contribution in [0.1, 0.15) is 5.56 Å². The van der Waals surface area contributed by atoms with E-state index in [-0.39, 0.29) is 5.88 Å². The quantitative estimate of drug-likeness (QED) is 0.659. The Hall–Kier alpha value is -2.86. The lowest BCUT2D eigenvalue weighted by molar-refractivity contribution is 0.263. The molecule has 0 unspecified atom stereocenters. The van der Waals surface area contributed by atoms with Crippen LogP contribution in [0.4, 0.5) is 0 Å². The van der Waals surface area contributed by atoms with Crippen molar-refractivity contribution in [3.05, 3.63) is 48.2 Å². The highest BCUT2D eigenvalue weighted by molar-refractivity contribution is 5.93. The van der Waals surface area contributed by atoms with E-state index in [0.717, 1.165) is 28.6 Å². The Morgan fingerprint density at radius 3 is 2.56 bits per heavy atom. The third kappa shape index (κ3) is 4.11. The van der Waals surface area contributed by atoms with Gasteiger partial charge in [-0.2, -0.15) is 0 Å². The Morgan fingerprint density at radius 2 is 1.85 bits per heavy atom. The summed E-state index contributed by atoms with van der Waals surface area (Å²) in [7, 11) is 7.25. The van der Waals surface area contributed by atoms with Crippen molar-refractivity contribution in [3.63, 3.8) is 0 Å².